The summed E-state index contributed by atoms with van der Waals surface area (Å²) in [4.78, 5) is 11.4. The first-order valence-electron chi connectivity index (χ1n) is 6.21. The zero-order valence-electron chi connectivity index (χ0n) is 10.7. The molecule has 1 unspecified atom stereocenters. The van der Waals surface area contributed by atoms with Crippen LogP contribution in [0.3, 0.4) is 0 Å². The lowest BCUT2D eigenvalue weighted by Crippen LogP contribution is -2.03. The molecule has 0 aromatic heterocycles. The van der Waals surface area contributed by atoms with Crippen molar-refractivity contribution >= 4 is 46.4 Å². The predicted octanol–water partition coefficient (Wildman–Crippen LogP) is 4.22. The summed E-state index contributed by atoms with van der Waals surface area (Å²) < 4.78 is 0. The molecule has 0 radical (unpaired) electrons. The van der Waals surface area contributed by atoms with Gasteiger partial charge in [-0.3, -0.25) is 4.79 Å². The molecule has 0 saturated carbocycles. The molecule has 3 rings (SSSR count). The first kappa shape index (κ1) is 14.7. The number of amides is 1. The summed E-state index contributed by atoms with van der Waals surface area (Å²) in [6.07, 6.45) is -0.789. The molecule has 1 atom stereocenters. The van der Waals surface area contributed by atoms with E-state index in [1.54, 1.807) is 30.3 Å². The third kappa shape index (κ3) is 2.62. The maximum Gasteiger partial charge on any atom is 0.228 e. The van der Waals surface area contributed by atoms with Crippen molar-refractivity contribution in [1.82, 2.24) is 0 Å². The Bertz CT molecular complexity index is 726. The van der Waals surface area contributed by atoms with Crippen molar-refractivity contribution in [3.63, 3.8) is 0 Å². The number of rotatable bonds is 2. The van der Waals surface area contributed by atoms with E-state index >= 15 is 0 Å². The highest BCUT2D eigenvalue weighted by molar-refractivity contribution is 6.36. The van der Waals surface area contributed by atoms with Gasteiger partial charge in [-0.1, -0.05) is 40.9 Å². The van der Waals surface area contributed by atoms with E-state index in [1.807, 2.05) is 0 Å². The standard InChI is InChI=1S/C15H10Cl3NO2/c16-9-2-1-3-10(17)14(9)15(21)8-4-7-5-13(20)19-12(7)6-11(8)18/h1-4,6,15,21H,5H2,(H,19,20). The molecule has 2 N–H and O–H groups in total. The Morgan fingerprint density at radius 3 is 2.43 bits per heavy atom. The first-order valence-corrected chi connectivity index (χ1v) is 7.35. The molecule has 0 saturated heterocycles. The first-order chi connectivity index (χ1) is 9.97. The molecule has 2 aromatic rings. The van der Waals surface area contributed by atoms with Gasteiger partial charge >= 0.3 is 0 Å². The number of fused-ring (bicyclic) bond motifs is 1. The Hall–Kier alpha value is -1.26. The average molecular weight is 343 g/mol. The van der Waals surface area contributed by atoms with Gasteiger partial charge in [-0.25, -0.2) is 0 Å². The van der Waals surface area contributed by atoms with E-state index in [-0.39, 0.29) is 12.3 Å². The molecular formula is C15H10Cl3NO2. The summed E-state index contributed by atoms with van der Waals surface area (Å²) in [5.74, 6) is -0.0940. The number of anilines is 1. The molecular weight excluding hydrogens is 333 g/mol. The smallest absolute Gasteiger partial charge is 0.228 e. The molecule has 0 bridgehead atoms. The molecule has 1 amide bonds. The minimum atomic E-state index is -1.06. The Balaban J connectivity index is 2.09. The Kier molecular flexibility index (Phi) is 3.84. The fraction of sp³-hybridized carbons (Fsp3) is 0.133. The van der Waals surface area contributed by atoms with E-state index in [2.05, 4.69) is 5.32 Å². The van der Waals surface area contributed by atoms with Gasteiger partial charge in [-0.15, -0.1) is 0 Å². The number of hydrogen-bond acceptors (Lipinski definition) is 2. The van der Waals surface area contributed by atoms with Crippen LogP contribution in [0, 0.1) is 0 Å². The number of halogens is 3. The number of aliphatic hydroxyl groups excluding tert-OH is 1. The third-order valence-corrected chi connectivity index (χ3v) is 4.40. The topological polar surface area (TPSA) is 49.3 Å². The van der Waals surface area contributed by atoms with Crippen molar-refractivity contribution in [1.29, 1.82) is 0 Å². The van der Waals surface area contributed by atoms with Crippen LogP contribution in [0.1, 0.15) is 22.8 Å². The normalized spacial score (nSPS) is 14.8. The van der Waals surface area contributed by atoms with Gasteiger partial charge < -0.3 is 10.4 Å². The van der Waals surface area contributed by atoms with Gasteiger partial charge in [0.2, 0.25) is 5.91 Å². The lowest BCUT2D eigenvalue weighted by Gasteiger charge is -2.17. The van der Waals surface area contributed by atoms with E-state index in [0.717, 1.165) is 5.56 Å². The number of aliphatic hydroxyl groups is 1. The highest BCUT2D eigenvalue weighted by atomic mass is 35.5. The quantitative estimate of drug-likeness (QED) is 0.858. The zero-order valence-corrected chi connectivity index (χ0v) is 12.9. The lowest BCUT2D eigenvalue weighted by atomic mass is 9.98. The Labute approximate surface area is 136 Å². The van der Waals surface area contributed by atoms with Crippen LogP contribution in [0.5, 0.6) is 0 Å². The number of benzene rings is 2. The summed E-state index contributed by atoms with van der Waals surface area (Å²) in [5, 5.41) is 14.4. The third-order valence-electron chi connectivity index (χ3n) is 3.42. The molecule has 3 nitrogen and oxygen atoms in total. The summed E-state index contributed by atoms with van der Waals surface area (Å²) in [6.45, 7) is 0. The molecule has 108 valence electrons. The molecule has 21 heavy (non-hydrogen) atoms. The van der Waals surface area contributed by atoms with Gasteiger partial charge in [-0.05, 0) is 29.8 Å². The predicted molar refractivity (Wildman–Crippen MR) is 84.3 cm³/mol. The van der Waals surface area contributed by atoms with Crippen LogP contribution >= 0.6 is 34.8 Å². The molecule has 0 fully saturated rings. The summed E-state index contributed by atoms with van der Waals surface area (Å²) >= 11 is 18.4. The molecule has 2 aromatic carbocycles. The number of nitrogens with one attached hydrogen (secondary N) is 1. The monoisotopic (exact) mass is 341 g/mol. The molecule has 0 spiro atoms. The summed E-state index contributed by atoms with van der Waals surface area (Å²) in [7, 11) is 0. The minimum Gasteiger partial charge on any atom is -0.383 e. The number of carbonyl (C=O) groups excluding carboxylic acids is 1. The summed E-state index contributed by atoms with van der Waals surface area (Å²) in [5.41, 5.74) is 2.34. The minimum absolute atomic E-state index is 0.0940. The Morgan fingerprint density at radius 2 is 1.76 bits per heavy atom. The van der Waals surface area contributed by atoms with Crippen LogP contribution in [-0.2, 0) is 11.2 Å². The molecule has 1 aliphatic rings. The van der Waals surface area contributed by atoms with Crippen LogP contribution in [-0.4, -0.2) is 11.0 Å². The highest BCUT2D eigenvalue weighted by Gasteiger charge is 2.24. The van der Waals surface area contributed by atoms with Crippen molar-refractivity contribution in [2.45, 2.75) is 12.5 Å². The maximum atomic E-state index is 11.4. The lowest BCUT2D eigenvalue weighted by molar-refractivity contribution is -0.115. The Morgan fingerprint density at radius 1 is 1.10 bits per heavy atom. The SMILES string of the molecule is O=C1Cc2cc(C(O)c3c(Cl)cccc3Cl)c(Cl)cc2N1. The van der Waals surface area contributed by atoms with Crippen molar-refractivity contribution in [2.24, 2.45) is 0 Å². The number of carbonyl (C=O) groups is 1. The van der Waals surface area contributed by atoms with Gasteiger partial charge in [0.25, 0.3) is 0 Å². The van der Waals surface area contributed by atoms with Gasteiger partial charge in [0.15, 0.2) is 0 Å². The highest BCUT2D eigenvalue weighted by Crippen LogP contribution is 2.39. The second-order valence-electron chi connectivity index (χ2n) is 4.79. The largest absolute Gasteiger partial charge is 0.383 e. The fourth-order valence-electron chi connectivity index (χ4n) is 2.40. The molecule has 1 aliphatic heterocycles. The summed E-state index contributed by atoms with van der Waals surface area (Å²) in [6, 6.07) is 8.34. The maximum absolute atomic E-state index is 11.4. The van der Waals surface area contributed by atoms with Gasteiger partial charge in [-0.2, -0.15) is 0 Å². The second kappa shape index (κ2) is 5.50. The van der Waals surface area contributed by atoms with E-state index in [9.17, 15) is 9.90 Å². The van der Waals surface area contributed by atoms with Gasteiger partial charge in [0.1, 0.15) is 6.10 Å². The van der Waals surface area contributed by atoms with Crippen LogP contribution in [0.15, 0.2) is 30.3 Å². The van der Waals surface area contributed by atoms with Crippen molar-refractivity contribution in [2.75, 3.05) is 5.32 Å². The van der Waals surface area contributed by atoms with Crippen LogP contribution in [0.25, 0.3) is 0 Å². The van der Waals surface area contributed by atoms with Crippen LogP contribution < -0.4 is 5.32 Å². The van der Waals surface area contributed by atoms with E-state index in [0.29, 0.717) is 31.9 Å². The van der Waals surface area contributed by atoms with E-state index in [4.69, 9.17) is 34.8 Å². The average Bonchev–Trinajstić information content (AvgIpc) is 2.76. The zero-order chi connectivity index (χ0) is 15.1. The fourth-order valence-corrected chi connectivity index (χ4v) is 3.28. The van der Waals surface area contributed by atoms with Crippen molar-refractivity contribution in [3.05, 3.63) is 62.1 Å². The van der Waals surface area contributed by atoms with Crippen LogP contribution in [0.4, 0.5) is 5.69 Å². The van der Waals surface area contributed by atoms with Gasteiger partial charge in [0.05, 0.1) is 6.42 Å². The van der Waals surface area contributed by atoms with Gasteiger partial charge in [0, 0.05) is 31.9 Å². The van der Waals surface area contributed by atoms with E-state index < -0.39 is 6.10 Å². The van der Waals surface area contributed by atoms with E-state index in [1.165, 1.54) is 0 Å². The van der Waals surface area contributed by atoms with Crippen molar-refractivity contribution < 1.29 is 9.90 Å². The van der Waals surface area contributed by atoms with Crippen molar-refractivity contribution in [3.8, 4) is 0 Å². The molecule has 0 aliphatic carbocycles. The molecule has 1 heterocycles. The second-order valence-corrected chi connectivity index (χ2v) is 6.02. The molecule has 6 heteroatoms. The number of hydrogen-bond donors (Lipinski definition) is 2. The van der Waals surface area contributed by atoms with Crippen LogP contribution in [0.2, 0.25) is 15.1 Å².